The summed E-state index contributed by atoms with van der Waals surface area (Å²) in [6.07, 6.45) is 1.21. The van der Waals surface area contributed by atoms with Gasteiger partial charge in [-0.2, -0.15) is 4.98 Å². The Kier molecular flexibility index (Phi) is 3.27. The van der Waals surface area contributed by atoms with Crippen LogP contribution in [0.2, 0.25) is 0 Å². The first-order valence-electron chi connectivity index (χ1n) is 6.21. The number of aromatic nitrogens is 2. The highest BCUT2D eigenvalue weighted by molar-refractivity contribution is 5.98. The molecule has 0 atom stereocenters. The van der Waals surface area contributed by atoms with E-state index in [0.717, 1.165) is 0 Å². The number of hydrogen-bond donors (Lipinski definition) is 1. The normalized spacial score (nSPS) is 13.1. The zero-order valence-electron chi connectivity index (χ0n) is 11.2. The number of carbonyl (C=O) groups is 2. The lowest BCUT2D eigenvalue weighted by Gasteiger charge is -2.20. The zero-order valence-corrected chi connectivity index (χ0v) is 11.2. The molecule has 8 heteroatoms. The Morgan fingerprint density at radius 1 is 1.48 bits per heavy atom. The molecule has 1 aromatic heterocycles. The molecule has 2 heterocycles. The molecular weight excluding hydrogens is 276 g/mol. The third-order valence-electron chi connectivity index (χ3n) is 2.99. The molecule has 21 heavy (non-hydrogen) atoms. The minimum Gasteiger partial charge on any atom is -0.482 e. The number of ether oxygens (including phenoxy) is 1. The molecule has 8 nitrogen and oxygen atoms in total. The average molecular weight is 288 g/mol. The highest BCUT2D eigenvalue weighted by atomic mass is 16.5. The Morgan fingerprint density at radius 2 is 2.33 bits per heavy atom. The molecule has 2 aromatic rings. The summed E-state index contributed by atoms with van der Waals surface area (Å²) in [6, 6.07) is 4.87. The number of nitrogens with zero attached hydrogens (tertiary/aromatic N) is 3. The number of anilines is 1. The van der Waals surface area contributed by atoms with Crippen molar-refractivity contribution in [3.8, 4) is 5.75 Å². The molecule has 0 aliphatic carbocycles. The van der Waals surface area contributed by atoms with Crippen LogP contribution in [0.25, 0.3) is 0 Å². The van der Waals surface area contributed by atoms with E-state index in [9.17, 15) is 9.59 Å². The summed E-state index contributed by atoms with van der Waals surface area (Å²) in [7, 11) is 1.64. The van der Waals surface area contributed by atoms with Crippen LogP contribution in [0.15, 0.2) is 29.1 Å². The Hall–Kier alpha value is -2.90. The molecule has 0 unspecified atom stereocenters. The average Bonchev–Trinajstić information content (AvgIpc) is 2.98. The Bertz CT molecular complexity index is 683. The molecule has 3 rings (SSSR count). The molecule has 0 radical (unpaired) electrons. The maximum Gasteiger partial charge on any atom is 0.262 e. The summed E-state index contributed by atoms with van der Waals surface area (Å²) in [6.45, 7) is 0.188. The third kappa shape index (κ3) is 2.69. The van der Waals surface area contributed by atoms with Gasteiger partial charge in [0, 0.05) is 12.6 Å². The molecular formula is C13H12N4O4. The van der Waals surface area contributed by atoms with Crippen LogP contribution in [-0.2, 0) is 11.3 Å². The van der Waals surface area contributed by atoms with Crippen molar-refractivity contribution in [3.63, 3.8) is 0 Å². The molecule has 0 bridgehead atoms. The van der Waals surface area contributed by atoms with Gasteiger partial charge < -0.3 is 19.5 Å². The number of hydrogen-bond acceptors (Lipinski definition) is 6. The Labute approximate surface area is 119 Å². The van der Waals surface area contributed by atoms with Crippen molar-refractivity contribution < 1.29 is 18.8 Å². The summed E-state index contributed by atoms with van der Waals surface area (Å²) >= 11 is 0. The maximum atomic E-state index is 12.3. The van der Waals surface area contributed by atoms with Gasteiger partial charge in [0.1, 0.15) is 5.75 Å². The van der Waals surface area contributed by atoms with E-state index < -0.39 is 0 Å². The molecule has 0 saturated heterocycles. The predicted molar refractivity (Wildman–Crippen MR) is 70.7 cm³/mol. The summed E-state index contributed by atoms with van der Waals surface area (Å²) in [4.78, 5) is 28.8. The van der Waals surface area contributed by atoms with Crippen molar-refractivity contribution >= 4 is 17.5 Å². The van der Waals surface area contributed by atoms with Crippen LogP contribution >= 0.6 is 0 Å². The quantitative estimate of drug-likeness (QED) is 0.891. The van der Waals surface area contributed by atoms with Crippen LogP contribution in [0.1, 0.15) is 16.2 Å². The Morgan fingerprint density at radius 3 is 3.10 bits per heavy atom. The zero-order chi connectivity index (χ0) is 14.8. The van der Waals surface area contributed by atoms with Gasteiger partial charge in [-0.1, -0.05) is 5.16 Å². The largest absolute Gasteiger partial charge is 0.482 e. The number of amides is 2. The molecule has 1 N–H and O–H groups in total. The first-order chi connectivity index (χ1) is 10.1. The molecule has 0 spiro atoms. The van der Waals surface area contributed by atoms with Crippen molar-refractivity contribution in [2.24, 2.45) is 0 Å². The fourth-order valence-corrected chi connectivity index (χ4v) is 1.97. The van der Waals surface area contributed by atoms with Gasteiger partial charge in [0.2, 0.25) is 6.39 Å². The maximum absolute atomic E-state index is 12.3. The molecule has 2 amide bonds. The topological polar surface area (TPSA) is 97.6 Å². The van der Waals surface area contributed by atoms with E-state index in [-0.39, 0.29) is 25.0 Å². The van der Waals surface area contributed by atoms with Gasteiger partial charge >= 0.3 is 0 Å². The number of benzene rings is 1. The van der Waals surface area contributed by atoms with E-state index >= 15 is 0 Å². The highest BCUT2D eigenvalue weighted by Gasteiger charge is 2.20. The van der Waals surface area contributed by atoms with Gasteiger partial charge in [0.05, 0.1) is 12.2 Å². The fourth-order valence-electron chi connectivity index (χ4n) is 1.97. The van der Waals surface area contributed by atoms with Crippen LogP contribution in [0.4, 0.5) is 5.69 Å². The van der Waals surface area contributed by atoms with E-state index in [0.29, 0.717) is 22.8 Å². The summed E-state index contributed by atoms with van der Waals surface area (Å²) < 4.78 is 9.92. The lowest BCUT2D eigenvalue weighted by molar-refractivity contribution is -0.118. The predicted octanol–water partition coefficient (Wildman–Crippen LogP) is 0.673. The van der Waals surface area contributed by atoms with Gasteiger partial charge in [0.15, 0.2) is 12.4 Å². The standard InChI is InChI=1S/C13H12N4O4/c1-17(5-11-14-7-21-16-11)13(19)8-2-3-9-10(4-8)20-6-12(18)15-9/h2-4,7H,5-6H2,1H3,(H,15,18). The highest BCUT2D eigenvalue weighted by Crippen LogP contribution is 2.28. The van der Waals surface area contributed by atoms with E-state index in [1.807, 2.05) is 0 Å². The van der Waals surface area contributed by atoms with E-state index in [1.54, 1.807) is 25.2 Å². The van der Waals surface area contributed by atoms with Crippen LogP contribution in [0.3, 0.4) is 0 Å². The third-order valence-corrected chi connectivity index (χ3v) is 2.99. The van der Waals surface area contributed by atoms with Crippen molar-refractivity contribution in [1.82, 2.24) is 15.0 Å². The van der Waals surface area contributed by atoms with Crippen molar-refractivity contribution in [2.75, 3.05) is 19.0 Å². The number of rotatable bonds is 3. The van der Waals surface area contributed by atoms with Crippen LogP contribution < -0.4 is 10.1 Å². The van der Waals surface area contributed by atoms with Gasteiger partial charge in [0.25, 0.3) is 11.8 Å². The number of carbonyl (C=O) groups excluding carboxylic acids is 2. The molecule has 1 aliphatic heterocycles. The van der Waals surface area contributed by atoms with Gasteiger partial charge in [-0.25, -0.2) is 0 Å². The number of fused-ring (bicyclic) bond motifs is 1. The first-order valence-corrected chi connectivity index (χ1v) is 6.21. The second-order valence-electron chi connectivity index (χ2n) is 4.56. The summed E-state index contributed by atoms with van der Waals surface area (Å²) in [5.41, 5.74) is 1.01. The monoisotopic (exact) mass is 288 g/mol. The van der Waals surface area contributed by atoms with Crippen LogP contribution in [0.5, 0.6) is 5.75 Å². The van der Waals surface area contributed by atoms with E-state index in [4.69, 9.17) is 4.74 Å². The molecule has 0 saturated carbocycles. The molecule has 1 aromatic carbocycles. The molecule has 108 valence electrons. The van der Waals surface area contributed by atoms with Crippen LogP contribution in [-0.4, -0.2) is 40.5 Å². The van der Waals surface area contributed by atoms with Gasteiger partial charge in [-0.05, 0) is 18.2 Å². The number of nitrogens with one attached hydrogen (secondary N) is 1. The van der Waals surface area contributed by atoms with E-state index in [1.165, 1.54) is 11.3 Å². The van der Waals surface area contributed by atoms with Gasteiger partial charge in [-0.15, -0.1) is 0 Å². The summed E-state index contributed by atoms with van der Waals surface area (Å²) in [5.74, 6) is 0.486. The van der Waals surface area contributed by atoms with Crippen LogP contribution in [0, 0.1) is 0 Å². The smallest absolute Gasteiger partial charge is 0.262 e. The van der Waals surface area contributed by atoms with Gasteiger partial charge in [-0.3, -0.25) is 9.59 Å². The second-order valence-corrected chi connectivity index (χ2v) is 4.56. The molecule has 1 aliphatic rings. The van der Waals surface area contributed by atoms with Crippen molar-refractivity contribution in [3.05, 3.63) is 36.0 Å². The first kappa shape index (κ1) is 13.1. The minimum absolute atomic E-state index is 0.0522. The summed E-state index contributed by atoms with van der Waals surface area (Å²) in [5, 5.41) is 6.33. The lowest BCUT2D eigenvalue weighted by atomic mass is 10.1. The van der Waals surface area contributed by atoms with E-state index in [2.05, 4.69) is 20.0 Å². The SMILES string of the molecule is CN(Cc1ncon1)C(=O)c1ccc2c(c1)OCC(=O)N2. The lowest BCUT2D eigenvalue weighted by Crippen LogP contribution is -2.28. The van der Waals surface area contributed by atoms with Crippen molar-refractivity contribution in [1.29, 1.82) is 0 Å². The minimum atomic E-state index is -0.212. The fraction of sp³-hybridized carbons (Fsp3) is 0.231. The second kappa shape index (κ2) is 5.23. The molecule has 0 fully saturated rings. The van der Waals surface area contributed by atoms with Crippen molar-refractivity contribution in [2.45, 2.75) is 6.54 Å². The Balaban J connectivity index is 1.77.